The van der Waals surface area contributed by atoms with Gasteiger partial charge in [0.1, 0.15) is 6.54 Å². The summed E-state index contributed by atoms with van der Waals surface area (Å²) in [5, 5.41) is 8.55. The van der Waals surface area contributed by atoms with Gasteiger partial charge in [0, 0.05) is 0 Å². The van der Waals surface area contributed by atoms with Gasteiger partial charge >= 0.3 is 17.8 Å². The lowest BCUT2D eigenvalue weighted by molar-refractivity contribution is -0.144. The van der Waals surface area contributed by atoms with Gasteiger partial charge in [-0.3, -0.25) is 14.5 Å². The van der Waals surface area contributed by atoms with Gasteiger partial charge in [0.25, 0.3) is 0 Å². The summed E-state index contributed by atoms with van der Waals surface area (Å²) in [5.74, 6) is -6.46. The molecule has 0 aliphatic carbocycles. The van der Waals surface area contributed by atoms with E-state index in [0.717, 1.165) is 6.07 Å². The van der Waals surface area contributed by atoms with E-state index in [2.05, 4.69) is 0 Å². The molecule has 1 aliphatic rings. The van der Waals surface area contributed by atoms with Crippen LogP contribution in [-0.2, 0) is 15.5 Å². The number of aliphatic carboxylic acids is 1. The fourth-order valence-corrected chi connectivity index (χ4v) is 1.66. The highest BCUT2D eigenvalue weighted by Crippen LogP contribution is 2.43. The Kier molecular flexibility index (Phi) is 2.15. The van der Waals surface area contributed by atoms with E-state index in [-0.39, 0.29) is 5.69 Å². The number of rotatable bonds is 2. The SMILES string of the molecule is O=C(O)CN1C(=O)C(F)(F)c2ccccc21. The summed E-state index contributed by atoms with van der Waals surface area (Å²) in [5.41, 5.74) is -0.485. The average Bonchev–Trinajstić information content (AvgIpc) is 2.41. The van der Waals surface area contributed by atoms with Gasteiger partial charge in [0.05, 0.1) is 11.3 Å². The number of anilines is 1. The average molecular weight is 227 g/mol. The highest BCUT2D eigenvalue weighted by atomic mass is 19.3. The van der Waals surface area contributed by atoms with Crippen molar-refractivity contribution in [1.29, 1.82) is 0 Å². The first-order valence-electron chi connectivity index (χ1n) is 4.45. The predicted molar refractivity (Wildman–Crippen MR) is 50.3 cm³/mol. The number of alkyl halides is 2. The molecule has 1 N–H and O–H groups in total. The molecule has 16 heavy (non-hydrogen) atoms. The first kappa shape index (κ1) is 10.5. The first-order valence-corrected chi connectivity index (χ1v) is 4.45. The zero-order valence-electron chi connectivity index (χ0n) is 7.98. The summed E-state index contributed by atoms with van der Waals surface area (Å²) in [6, 6.07) is 5.28. The molecule has 0 saturated heterocycles. The van der Waals surface area contributed by atoms with Gasteiger partial charge in [-0.05, 0) is 6.07 Å². The Hall–Kier alpha value is -1.98. The van der Waals surface area contributed by atoms with Crippen LogP contribution in [0.2, 0.25) is 0 Å². The van der Waals surface area contributed by atoms with Gasteiger partial charge in [-0.15, -0.1) is 0 Å². The van der Waals surface area contributed by atoms with E-state index in [1.807, 2.05) is 0 Å². The van der Waals surface area contributed by atoms with Crippen LogP contribution in [0.25, 0.3) is 0 Å². The third kappa shape index (κ3) is 1.34. The number of fused-ring (bicyclic) bond motifs is 1. The van der Waals surface area contributed by atoms with E-state index in [9.17, 15) is 18.4 Å². The summed E-state index contributed by atoms with van der Waals surface area (Å²) in [6.45, 7) is -0.758. The zero-order chi connectivity index (χ0) is 11.9. The molecule has 1 aliphatic heterocycles. The fourth-order valence-electron chi connectivity index (χ4n) is 1.66. The second-order valence-electron chi connectivity index (χ2n) is 3.38. The molecule has 0 unspecified atom stereocenters. The van der Waals surface area contributed by atoms with Gasteiger partial charge in [-0.25, -0.2) is 0 Å². The number of carboxylic acids is 1. The molecule has 0 spiro atoms. The van der Waals surface area contributed by atoms with Crippen LogP contribution in [-0.4, -0.2) is 23.5 Å². The number of halogens is 2. The Bertz CT molecular complexity index is 473. The maximum absolute atomic E-state index is 13.4. The molecule has 1 aromatic carbocycles. The quantitative estimate of drug-likeness (QED) is 0.826. The smallest absolute Gasteiger partial charge is 0.352 e. The van der Waals surface area contributed by atoms with E-state index < -0.39 is 29.9 Å². The molecule has 1 aromatic rings. The molecule has 1 heterocycles. The normalized spacial score (nSPS) is 17.4. The maximum Gasteiger partial charge on any atom is 0.352 e. The molecular formula is C10H7F2NO3. The first-order chi connectivity index (χ1) is 7.44. The standard InChI is InChI=1S/C10H7F2NO3/c11-10(12)6-3-1-2-4-7(6)13(9(10)16)5-8(14)15/h1-4H,5H2,(H,14,15). The van der Waals surface area contributed by atoms with Crippen molar-refractivity contribution in [3.63, 3.8) is 0 Å². The third-order valence-corrected chi connectivity index (χ3v) is 2.34. The summed E-state index contributed by atoms with van der Waals surface area (Å²) < 4.78 is 26.9. The Balaban J connectivity index is 2.51. The Morgan fingerprint density at radius 1 is 1.38 bits per heavy atom. The van der Waals surface area contributed by atoms with Crippen LogP contribution in [0.5, 0.6) is 0 Å². The van der Waals surface area contributed by atoms with Crippen LogP contribution in [0.15, 0.2) is 24.3 Å². The fraction of sp³-hybridized carbons (Fsp3) is 0.200. The minimum Gasteiger partial charge on any atom is -0.480 e. The number of hydrogen-bond acceptors (Lipinski definition) is 2. The number of benzene rings is 1. The second kappa shape index (κ2) is 3.26. The van der Waals surface area contributed by atoms with Crippen LogP contribution in [0.3, 0.4) is 0 Å². The lowest BCUT2D eigenvalue weighted by Crippen LogP contribution is -2.37. The van der Waals surface area contributed by atoms with Gasteiger partial charge in [0.2, 0.25) is 0 Å². The lowest BCUT2D eigenvalue weighted by Gasteiger charge is -2.14. The topological polar surface area (TPSA) is 57.6 Å². The number of carbonyl (C=O) groups is 2. The molecule has 0 bridgehead atoms. The van der Waals surface area contributed by atoms with Crippen molar-refractivity contribution in [3.05, 3.63) is 29.8 Å². The van der Waals surface area contributed by atoms with Crippen molar-refractivity contribution in [2.45, 2.75) is 5.92 Å². The summed E-state index contributed by atoms with van der Waals surface area (Å²) in [4.78, 5) is 22.4. The van der Waals surface area contributed by atoms with Crippen molar-refractivity contribution >= 4 is 17.6 Å². The zero-order valence-corrected chi connectivity index (χ0v) is 7.98. The van der Waals surface area contributed by atoms with E-state index in [1.165, 1.54) is 18.2 Å². The number of hydrogen-bond donors (Lipinski definition) is 1. The number of para-hydroxylation sites is 1. The monoisotopic (exact) mass is 227 g/mol. The Labute approximate surface area is 89.1 Å². The number of amides is 1. The molecule has 6 heteroatoms. The van der Waals surface area contributed by atoms with Gasteiger partial charge in [-0.2, -0.15) is 8.78 Å². The molecule has 1 amide bonds. The predicted octanol–water partition coefficient (Wildman–Crippen LogP) is 1.21. The molecule has 0 atom stereocenters. The Morgan fingerprint density at radius 2 is 2.00 bits per heavy atom. The van der Waals surface area contributed by atoms with Crippen molar-refractivity contribution in [2.75, 3.05) is 11.4 Å². The summed E-state index contributed by atoms with van der Waals surface area (Å²) >= 11 is 0. The van der Waals surface area contributed by atoms with Crippen LogP contribution < -0.4 is 4.90 Å². The highest BCUT2D eigenvalue weighted by molar-refractivity contribution is 6.08. The van der Waals surface area contributed by atoms with Crippen LogP contribution in [0, 0.1) is 0 Å². The molecule has 4 nitrogen and oxygen atoms in total. The summed E-state index contributed by atoms with van der Waals surface area (Å²) in [7, 11) is 0. The number of carbonyl (C=O) groups excluding carboxylic acids is 1. The van der Waals surface area contributed by atoms with E-state index in [1.54, 1.807) is 0 Å². The van der Waals surface area contributed by atoms with Crippen LogP contribution >= 0.6 is 0 Å². The van der Waals surface area contributed by atoms with E-state index >= 15 is 0 Å². The largest absolute Gasteiger partial charge is 0.480 e. The minimum atomic E-state index is -3.63. The molecule has 0 fully saturated rings. The van der Waals surface area contributed by atoms with Crippen molar-refractivity contribution < 1.29 is 23.5 Å². The number of carboxylic acid groups (broad SMARTS) is 1. The highest BCUT2D eigenvalue weighted by Gasteiger charge is 2.52. The maximum atomic E-state index is 13.4. The number of nitrogens with zero attached hydrogens (tertiary/aromatic N) is 1. The van der Waals surface area contributed by atoms with Gasteiger partial charge in [-0.1, -0.05) is 18.2 Å². The van der Waals surface area contributed by atoms with Crippen molar-refractivity contribution in [2.24, 2.45) is 0 Å². The Morgan fingerprint density at radius 3 is 2.62 bits per heavy atom. The van der Waals surface area contributed by atoms with Crippen molar-refractivity contribution in [1.82, 2.24) is 0 Å². The molecule has 84 valence electrons. The van der Waals surface area contributed by atoms with Crippen LogP contribution in [0.4, 0.5) is 14.5 Å². The van der Waals surface area contributed by atoms with E-state index in [0.29, 0.717) is 4.90 Å². The molecule has 0 aromatic heterocycles. The molecular weight excluding hydrogens is 220 g/mol. The molecule has 2 rings (SSSR count). The second-order valence-corrected chi connectivity index (χ2v) is 3.38. The van der Waals surface area contributed by atoms with E-state index in [4.69, 9.17) is 5.11 Å². The van der Waals surface area contributed by atoms with Gasteiger partial charge < -0.3 is 5.11 Å². The minimum absolute atomic E-state index is 0.0418. The van der Waals surface area contributed by atoms with Crippen molar-refractivity contribution in [3.8, 4) is 0 Å². The molecule has 0 saturated carbocycles. The third-order valence-electron chi connectivity index (χ3n) is 2.34. The lowest BCUT2D eigenvalue weighted by atomic mass is 10.1. The molecule has 0 radical (unpaired) electrons. The van der Waals surface area contributed by atoms with Crippen LogP contribution in [0.1, 0.15) is 5.56 Å². The van der Waals surface area contributed by atoms with Gasteiger partial charge in [0.15, 0.2) is 0 Å². The summed E-state index contributed by atoms with van der Waals surface area (Å²) in [6.07, 6.45) is 0.